The van der Waals surface area contributed by atoms with E-state index >= 15 is 0 Å². The smallest absolute Gasteiger partial charge is 0.308 e. The fraction of sp³-hybridized carbons (Fsp3) is 0.562. The van der Waals surface area contributed by atoms with Gasteiger partial charge in [0.05, 0.1) is 25.2 Å². The molecule has 8 heteroatoms. The van der Waals surface area contributed by atoms with E-state index in [1.165, 1.54) is 39.2 Å². The highest BCUT2D eigenvalue weighted by atomic mass is 32.1. The minimum absolute atomic E-state index is 0.0301. The highest BCUT2D eigenvalue weighted by Crippen LogP contribution is 2.39. The molecule has 40 heavy (non-hydrogen) atoms. The minimum atomic E-state index is -0.0823. The molecule has 0 amide bonds. The fourth-order valence-electron chi connectivity index (χ4n) is 6.50. The van der Waals surface area contributed by atoms with Crippen molar-refractivity contribution in [2.45, 2.75) is 88.8 Å². The Bertz CT molecular complexity index is 1240. The quantitative estimate of drug-likeness (QED) is 0.287. The molecule has 0 N–H and O–H groups in total. The van der Waals surface area contributed by atoms with Gasteiger partial charge in [-0.05, 0) is 69.1 Å². The van der Waals surface area contributed by atoms with E-state index in [9.17, 15) is 4.79 Å². The van der Waals surface area contributed by atoms with Gasteiger partial charge in [0.25, 0.3) is 0 Å². The fourth-order valence-corrected chi connectivity index (χ4v) is 7.52. The van der Waals surface area contributed by atoms with Crippen molar-refractivity contribution in [3.05, 3.63) is 47.6 Å². The van der Waals surface area contributed by atoms with Gasteiger partial charge in [0.1, 0.15) is 15.8 Å². The van der Waals surface area contributed by atoms with Crippen LogP contribution in [0.4, 0.5) is 5.82 Å². The summed E-state index contributed by atoms with van der Waals surface area (Å²) in [4.78, 5) is 19.0. The van der Waals surface area contributed by atoms with E-state index < -0.39 is 0 Å². The van der Waals surface area contributed by atoms with Gasteiger partial charge in [-0.25, -0.2) is 4.98 Å². The van der Waals surface area contributed by atoms with Crippen molar-refractivity contribution < 1.29 is 14.3 Å². The van der Waals surface area contributed by atoms with Gasteiger partial charge in [0.2, 0.25) is 0 Å². The number of rotatable bonds is 7. The number of aromatic nitrogens is 3. The van der Waals surface area contributed by atoms with Crippen molar-refractivity contribution in [1.82, 2.24) is 15.2 Å². The summed E-state index contributed by atoms with van der Waals surface area (Å²) in [5.41, 5.74) is 3.35. The average Bonchev–Trinajstić information content (AvgIpc) is 3.52. The molecule has 1 aliphatic heterocycles. The number of anilines is 1. The van der Waals surface area contributed by atoms with E-state index in [2.05, 4.69) is 51.5 Å². The van der Waals surface area contributed by atoms with E-state index in [0.29, 0.717) is 18.1 Å². The maximum Gasteiger partial charge on any atom is 0.308 e. The van der Waals surface area contributed by atoms with E-state index in [0.717, 1.165) is 84.1 Å². The molecule has 0 radical (unpaired) electrons. The molecule has 3 heterocycles. The maximum absolute atomic E-state index is 11.8. The first-order chi connectivity index (χ1) is 19.7. The average molecular weight is 561 g/mol. The number of ether oxygens (including phenoxy) is 2. The van der Waals surface area contributed by atoms with Crippen LogP contribution in [0.5, 0.6) is 0 Å². The van der Waals surface area contributed by atoms with Crippen molar-refractivity contribution in [3.63, 3.8) is 0 Å². The lowest BCUT2D eigenvalue weighted by Gasteiger charge is -2.35. The van der Waals surface area contributed by atoms with Crippen LogP contribution in [0.1, 0.15) is 81.6 Å². The number of hydrogen-bond donors (Lipinski definition) is 0. The van der Waals surface area contributed by atoms with Gasteiger partial charge in [-0.15, -0.1) is 10.2 Å². The summed E-state index contributed by atoms with van der Waals surface area (Å²) in [6.07, 6.45) is 15.2. The van der Waals surface area contributed by atoms with Crippen LogP contribution in [0.15, 0.2) is 42.6 Å². The van der Waals surface area contributed by atoms with Gasteiger partial charge < -0.3 is 14.4 Å². The number of pyridine rings is 1. The molecule has 0 spiro atoms. The van der Waals surface area contributed by atoms with Crippen LogP contribution in [-0.2, 0) is 14.3 Å². The molecule has 3 aromatic rings. The lowest BCUT2D eigenvalue weighted by Crippen LogP contribution is -2.39. The van der Waals surface area contributed by atoms with Crippen LogP contribution in [0.3, 0.4) is 0 Å². The second-order valence-corrected chi connectivity index (χ2v) is 12.6. The van der Waals surface area contributed by atoms with Crippen molar-refractivity contribution in [2.24, 2.45) is 5.92 Å². The van der Waals surface area contributed by atoms with E-state index in [4.69, 9.17) is 14.5 Å². The Morgan fingerprint density at radius 1 is 0.800 bits per heavy atom. The Balaban J connectivity index is 1.02. The third-order valence-corrected chi connectivity index (χ3v) is 10.1. The SMILES string of the molecule is COC(=O)C1CCC(c2nnc(-c3ccc(-c4ccc(N5CCC(OC6CCCCC6)CC5)nc4)cc3)s2)CC1. The maximum atomic E-state index is 11.8. The Morgan fingerprint density at radius 3 is 2.15 bits per heavy atom. The van der Waals surface area contributed by atoms with Crippen LogP contribution in [0, 0.1) is 5.92 Å². The predicted octanol–water partition coefficient (Wildman–Crippen LogP) is 7.03. The number of esters is 1. The van der Waals surface area contributed by atoms with Crippen LogP contribution in [0.2, 0.25) is 0 Å². The molecule has 0 atom stereocenters. The monoisotopic (exact) mass is 560 g/mol. The minimum Gasteiger partial charge on any atom is -0.469 e. The summed E-state index contributed by atoms with van der Waals surface area (Å²) >= 11 is 1.67. The molecule has 7 nitrogen and oxygen atoms in total. The first-order valence-electron chi connectivity index (χ1n) is 15.0. The topological polar surface area (TPSA) is 77.4 Å². The zero-order chi connectivity index (χ0) is 27.3. The number of piperidine rings is 1. The molecule has 3 fully saturated rings. The second kappa shape index (κ2) is 12.8. The highest BCUT2D eigenvalue weighted by Gasteiger charge is 2.29. The largest absolute Gasteiger partial charge is 0.469 e. The number of methoxy groups -OCH3 is 1. The molecule has 6 rings (SSSR count). The first-order valence-corrected chi connectivity index (χ1v) is 15.9. The summed E-state index contributed by atoms with van der Waals surface area (Å²) in [6, 6.07) is 12.9. The highest BCUT2D eigenvalue weighted by molar-refractivity contribution is 7.14. The lowest BCUT2D eigenvalue weighted by atomic mass is 9.82. The molecule has 0 bridgehead atoms. The van der Waals surface area contributed by atoms with Gasteiger partial charge in [0.15, 0.2) is 0 Å². The van der Waals surface area contributed by atoms with Gasteiger partial charge >= 0.3 is 5.97 Å². The molecule has 1 saturated heterocycles. The molecular weight excluding hydrogens is 520 g/mol. The number of benzene rings is 1. The summed E-state index contributed by atoms with van der Waals surface area (Å²) in [7, 11) is 1.47. The summed E-state index contributed by atoms with van der Waals surface area (Å²) in [5.74, 6) is 1.38. The standard InChI is InChI=1S/C32H40N4O3S/c1-38-32(37)25-13-11-24(12-14-25)31-35-34-30(40-31)23-9-7-22(8-10-23)26-15-16-29(33-21-26)36-19-17-28(18-20-36)39-27-5-3-2-4-6-27/h7-10,15-16,21,24-25,27-28H,2-6,11-14,17-20H2,1H3. The molecule has 1 aromatic carbocycles. The number of nitrogens with zero attached hydrogens (tertiary/aromatic N) is 4. The van der Waals surface area contributed by atoms with E-state index in [-0.39, 0.29) is 11.9 Å². The van der Waals surface area contributed by atoms with Gasteiger partial charge in [-0.3, -0.25) is 4.79 Å². The first kappa shape index (κ1) is 27.3. The van der Waals surface area contributed by atoms with Crippen LogP contribution in [0.25, 0.3) is 21.7 Å². The summed E-state index contributed by atoms with van der Waals surface area (Å²) in [6.45, 7) is 2.02. The normalized spacial score (nSPS) is 22.8. The van der Waals surface area contributed by atoms with Gasteiger partial charge in [0, 0.05) is 36.3 Å². The van der Waals surface area contributed by atoms with E-state index in [1.54, 1.807) is 11.3 Å². The number of hydrogen-bond acceptors (Lipinski definition) is 8. The van der Waals surface area contributed by atoms with Gasteiger partial charge in [-0.1, -0.05) is 54.9 Å². The van der Waals surface area contributed by atoms with Crippen molar-refractivity contribution >= 4 is 23.1 Å². The third kappa shape index (κ3) is 6.39. The second-order valence-electron chi connectivity index (χ2n) is 11.6. The Labute approximate surface area is 241 Å². The molecule has 0 unspecified atom stereocenters. The Kier molecular flexibility index (Phi) is 8.73. The van der Waals surface area contributed by atoms with Crippen molar-refractivity contribution in [1.29, 1.82) is 0 Å². The van der Waals surface area contributed by atoms with Crippen LogP contribution < -0.4 is 4.90 Å². The number of carbonyl (C=O) groups is 1. The molecule has 2 saturated carbocycles. The van der Waals surface area contributed by atoms with Crippen molar-refractivity contribution in [3.8, 4) is 21.7 Å². The Morgan fingerprint density at radius 2 is 1.48 bits per heavy atom. The van der Waals surface area contributed by atoms with E-state index in [1.807, 2.05) is 6.20 Å². The molecule has 2 aliphatic carbocycles. The number of carbonyl (C=O) groups excluding carboxylic acids is 1. The zero-order valence-electron chi connectivity index (χ0n) is 23.5. The van der Waals surface area contributed by atoms with Gasteiger partial charge in [-0.2, -0.15) is 0 Å². The predicted molar refractivity (Wildman–Crippen MR) is 158 cm³/mol. The molecule has 212 valence electrons. The summed E-state index contributed by atoms with van der Waals surface area (Å²) in [5, 5.41) is 11.0. The Hall–Kier alpha value is -2.84. The zero-order valence-corrected chi connectivity index (χ0v) is 24.3. The lowest BCUT2D eigenvalue weighted by molar-refractivity contribution is -0.146. The van der Waals surface area contributed by atoms with Crippen molar-refractivity contribution in [2.75, 3.05) is 25.1 Å². The molecule has 3 aliphatic rings. The molecular formula is C32H40N4O3S. The third-order valence-electron chi connectivity index (χ3n) is 8.97. The van der Waals surface area contributed by atoms with Crippen LogP contribution >= 0.6 is 11.3 Å². The molecule has 2 aromatic heterocycles. The van der Waals surface area contributed by atoms with Crippen LogP contribution in [-0.4, -0.2) is 53.6 Å². The summed E-state index contributed by atoms with van der Waals surface area (Å²) < 4.78 is 11.3.